The molecule has 0 N–H and O–H groups in total. The topological polar surface area (TPSA) is 111 Å². The minimum atomic E-state index is -1.63. The molecule has 0 bridgehead atoms. The fourth-order valence-corrected chi connectivity index (χ4v) is 11.9. The molecular formula is C87H155NO8. The van der Waals surface area contributed by atoms with Crippen molar-refractivity contribution >= 4 is 17.9 Å². The Labute approximate surface area is 594 Å². The second kappa shape index (κ2) is 77.0. The summed E-state index contributed by atoms with van der Waals surface area (Å²) >= 11 is 0. The van der Waals surface area contributed by atoms with E-state index in [-0.39, 0.29) is 32.2 Å². The number of carbonyl (C=O) groups excluding carboxylic acids is 3. The zero-order chi connectivity index (χ0) is 69.7. The van der Waals surface area contributed by atoms with Gasteiger partial charge in [-0.2, -0.15) is 0 Å². The molecule has 0 saturated carbocycles. The molecule has 2 atom stereocenters. The third-order valence-corrected chi connectivity index (χ3v) is 18.1. The monoisotopic (exact) mass is 1340 g/mol. The van der Waals surface area contributed by atoms with E-state index >= 15 is 0 Å². The summed E-state index contributed by atoms with van der Waals surface area (Å²) in [5.41, 5.74) is 0. The first kappa shape index (κ1) is 92.2. The van der Waals surface area contributed by atoms with Gasteiger partial charge in [-0.05, 0) is 77.0 Å². The standard InChI is InChI=1S/C87H155NO8/c1-6-8-10-12-14-16-18-20-22-24-26-28-30-32-34-36-38-40-41-42-43-44-46-47-49-51-53-55-57-59-61-63-65-67-69-71-73-75-77-84(89)94-81-83(82-95-87(86(91)92)93-80-79-88(3,4)5)96-85(90)78-76-74-72-70-68-66-64-62-60-58-56-54-52-50-48-45-39-37-35-33-31-29-27-25-23-21-19-17-15-13-11-9-7-2/h9,11,15,17,21,23,27,29,33,35,39,45,50,52,56,58,83,87H,6-8,10,12-14,16,18-20,22,24-26,28,30-32,34,36-38,40-44,46-49,51,53-55,57,59-82H2,1-5H3/b11-9-,17-15-,23-21-,29-27-,35-33-,45-39-,52-50-,58-56-. The second-order valence-corrected chi connectivity index (χ2v) is 28.7. The quantitative estimate of drug-likeness (QED) is 0.0195. The summed E-state index contributed by atoms with van der Waals surface area (Å²) in [5, 5.41) is 11.9. The van der Waals surface area contributed by atoms with Crippen LogP contribution in [0.4, 0.5) is 0 Å². The molecule has 96 heavy (non-hydrogen) atoms. The molecule has 556 valence electrons. The van der Waals surface area contributed by atoms with Crippen molar-refractivity contribution in [3.8, 4) is 0 Å². The lowest BCUT2D eigenvalue weighted by molar-refractivity contribution is -0.870. The van der Waals surface area contributed by atoms with E-state index in [4.69, 9.17) is 18.9 Å². The molecule has 0 aromatic carbocycles. The first-order valence-electron chi connectivity index (χ1n) is 40.9. The van der Waals surface area contributed by atoms with E-state index < -0.39 is 24.3 Å². The van der Waals surface area contributed by atoms with Crippen molar-refractivity contribution in [1.82, 2.24) is 0 Å². The first-order chi connectivity index (χ1) is 47.1. The molecule has 0 amide bonds. The summed E-state index contributed by atoms with van der Waals surface area (Å²) in [6.45, 7) is 4.67. The highest BCUT2D eigenvalue weighted by atomic mass is 16.7. The Morgan fingerprint density at radius 3 is 0.885 bits per heavy atom. The molecule has 0 aliphatic rings. The van der Waals surface area contributed by atoms with Gasteiger partial charge in [0.2, 0.25) is 0 Å². The number of carboxylic acids is 1. The van der Waals surface area contributed by atoms with Crippen LogP contribution in [-0.4, -0.2) is 82.3 Å². The highest BCUT2D eigenvalue weighted by molar-refractivity contribution is 5.70. The molecular weight excluding hydrogens is 1190 g/mol. The molecule has 0 rings (SSSR count). The summed E-state index contributed by atoms with van der Waals surface area (Å²) < 4.78 is 22.9. The first-order valence-corrected chi connectivity index (χ1v) is 40.9. The van der Waals surface area contributed by atoms with Crippen LogP contribution in [0.3, 0.4) is 0 Å². The Hall–Kier alpha value is -3.79. The number of aliphatic carboxylic acids is 1. The Kier molecular flexibility index (Phi) is 73.9. The van der Waals surface area contributed by atoms with Crippen LogP contribution in [0.2, 0.25) is 0 Å². The van der Waals surface area contributed by atoms with Gasteiger partial charge in [0.1, 0.15) is 13.2 Å². The van der Waals surface area contributed by atoms with Crippen molar-refractivity contribution in [2.45, 2.75) is 392 Å². The van der Waals surface area contributed by atoms with Crippen LogP contribution in [0.15, 0.2) is 97.2 Å². The van der Waals surface area contributed by atoms with Crippen LogP contribution in [0.1, 0.15) is 380 Å². The van der Waals surface area contributed by atoms with Crippen LogP contribution in [0, 0.1) is 0 Å². The minimum absolute atomic E-state index is 0.143. The van der Waals surface area contributed by atoms with Crippen LogP contribution in [-0.2, 0) is 33.3 Å². The van der Waals surface area contributed by atoms with Crippen LogP contribution in [0.25, 0.3) is 0 Å². The SMILES string of the molecule is CC/C=C\C/C=C\C/C=C\C/C=C\C/C=C\C/C=C\C/C=C\C/C=C\CCCCCCCCCCC(=O)OC(COC(=O)CCCCCCCCCCCCCCCCCCCCCCCCCCCCCCCCCCCCCCCC)COC(OCC[N+](C)(C)C)C(=O)[O-]. The molecule has 0 fully saturated rings. The highest BCUT2D eigenvalue weighted by Crippen LogP contribution is 2.19. The average molecular weight is 1340 g/mol. The number of hydrogen-bond acceptors (Lipinski definition) is 8. The summed E-state index contributed by atoms with van der Waals surface area (Å²) in [6.07, 6.45) is 104. The zero-order valence-electron chi connectivity index (χ0n) is 63.7. The number of carboxylic acid groups (broad SMARTS) is 1. The van der Waals surface area contributed by atoms with Crippen molar-refractivity contribution < 1.29 is 42.9 Å². The van der Waals surface area contributed by atoms with Gasteiger partial charge in [-0.15, -0.1) is 0 Å². The van der Waals surface area contributed by atoms with E-state index in [0.29, 0.717) is 23.9 Å². The fraction of sp³-hybridized carbons (Fsp3) is 0.782. The van der Waals surface area contributed by atoms with Gasteiger partial charge in [0.25, 0.3) is 0 Å². The molecule has 2 unspecified atom stereocenters. The van der Waals surface area contributed by atoms with Gasteiger partial charge in [-0.1, -0.05) is 387 Å². The molecule has 0 aliphatic heterocycles. The van der Waals surface area contributed by atoms with Crippen molar-refractivity contribution in [2.24, 2.45) is 0 Å². The van der Waals surface area contributed by atoms with Gasteiger partial charge in [-0.3, -0.25) is 9.59 Å². The van der Waals surface area contributed by atoms with Crippen molar-refractivity contribution in [3.63, 3.8) is 0 Å². The maximum absolute atomic E-state index is 13.0. The highest BCUT2D eigenvalue weighted by Gasteiger charge is 2.22. The van der Waals surface area contributed by atoms with E-state index in [1.807, 2.05) is 21.1 Å². The van der Waals surface area contributed by atoms with Gasteiger partial charge in [0.05, 0.1) is 40.3 Å². The van der Waals surface area contributed by atoms with E-state index in [0.717, 1.165) is 96.3 Å². The number of unbranched alkanes of at least 4 members (excludes halogenated alkanes) is 45. The van der Waals surface area contributed by atoms with Gasteiger partial charge in [0.15, 0.2) is 12.4 Å². The lowest BCUT2D eigenvalue weighted by atomic mass is 10.0. The summed E-state index contributed by atoms with van der Waals surface area (Å²) in [7, 11) is 5.94. The predicted molar refractivity (Wildman–Crippen MR) is 412 cm³/mol. The zero-order valence-corrected chi connectivity index (χ0v) is 63.7. The van der Waals surface area contributed by atoms with Crippen molar-refractivity contribution in [3.05, 3.63) is 97.2 Å². The summed E-state index contributed by atoms with van der Waals surface area (Å²) in [6, 6.07) is 0. The number of likely N-dealkylation sites (N-methyl/N-ethyl adjacent to an activating group) is 1. The van der Waals surface area contributed by atoms with E-state index in [2.05, 4.69) is 111 Å². The number of allylic oxidation sites excluding steroid dienone is 16. The molecule has 0 aromatic rings. The van der Waals surface area contributed by atoms with Gasteiger partial charge >= 0.3 is 11.9 Å². The third kappa shape index (κ3) is 77.6. The van der Waals surface area contributed by atoms with Crippen LogP contribution >= 0.6 is 0 Å². The molecule has 9 heteroatoms. The predicted octanol–water partition coefficient (Wildman–Crippen LogP) is 25.0. The van der Waals surface area contributed by atoms with Crippen molar-refractivity contribution in [1.29, 1.82) is 0 Å². The number of quaternary nitrogens is 1. The number of carbonyl (C=O) groups is 3. The number of rotatable bonds is 76. The number of hydrogen-bond donors (Lipinski definition) is 0. The number of ether oxygens (including phenoxy) is 4. The van der Waals surface area contributed by atoms with E-state index in [9.17, 15) is 19.5 Å². The van der Waals surface area contributed by atoms with Gasteiger partial charge in [0, 0.05) is 12.8 Å². The van der Waals surface area contributed by atoms with Crippen LogP contribution in [0.5, 0.6) is 0 Å². The molecule has 0 radical (unpaired) electrons. The normalized spacial score (nSPS) is 13.1. The Morgan fingerprint density at radius 2 is 0.594 bits per heavy atom. The molecule has 9 nitrogen and oxygen atoms in total. The third-order valence-electron chi connectivity index (χ3n) is 18.1. The molecule has 0 heterocycles. The largest absolute Gasteiger partial charge is 0.545 e. The Bertz CT molecular complexity index is 1900. The Morgan fingerprint density at radius 1 is 0.323 bits per heavy atom. The van der Waals surface area contributed by atoms with E-state index in [1.54, 1.807) is 0 Å². The fourth-order valence-electron chi connectivity index (χ4n) is 11.9. The molecule has 0 aromatic heterocycles. The second-order valence-electron chi connectivity index (χ2n) is 28.7. The maximum Gasteiger partial charge on any atom is 0.306 e. The summed E-state index contributed by atoms with van der Waals surface area (Å²) in [4.78, 5) is 37.6. The number of esters is 2. The van der Waals surface area contributed by atoms with Gasteiger partial charge in [-0.25, -0.2) is 0 Å². The number of nitrogens with zero attached hydrogens (tertiary/aromatic N) is 1. The molecule has 0 aliphatic carbocycles. The summed E-state index contributed by atoms with van der Waals surface area (Å²) in [5.74, 6) is -2.28. The molecule has 0 saturated heterocycles. The average Bonchev–Trinajstić information content (AvgIpc) is 2.40. The lowest BCUT2D eigenvalue weighted by Gasteiger charge is -2.26. The van der Waals surface area contributed by atoms with E-state index in [1.165, 1.54) is 250 Å². The minimum Gasteiger partial charge on any atom is -0.545 e. The lowest BCUT2D eigenvalue weighted by Crippen LogP contribution is -2.44. The maximum atomic E-state index is 13.0. The smallest absolute Gasteiger partial charge is 0.306 e. The Balaban J connectivity index is 4.02. The van der Waals surface area contributed by atoms with Gasteiger partial charge < -0.3 is 33.3 Å². The van der Waals surface area contributed by atoms with Crippen LogP contribution < -0.4 is 5.11 Å². The van der Waals surface area contributed by atoms with Crippen molar-refractivity contribution in [2.75, 3.05) is 47.5 Å². The molecule has 0 spiro atoms.